The van der Waals surface area contributed by atoms with E-state index in [1.165, 1.54) is 49.8 Å². The van der Waals surface area contributed by atoms with Gasteiger partial charge in [0.15, 0.2) is 17.3 Å². The first-order chi connectivity index (χ1) is 20.3. The van der Waals surface area contributed by atoms with Crippen LogP contribution < -0.4 is 33.7 Å². The fourth-order valence-electron chi connectivity index (χ4n) is 3.42. The number of ether oxygens (including phenoxy) is 6. The number of aromatic nitrogens is 4. The largest absolute Gasteiger partial charge is 0.497 e. The Balaban J connectivity index is 1.37. The van der Waals surface area contributed by atoms with E-state index in [4.69, 9.17) is 40.0 Å². The SMILES string of the molecule is COc1ccc(Cl)c(Oc2c(NS(=O)(=O)c3ccc4c(c3)OCO4)ncnc2OCCOC(=O)Nc2ncccn2)c1. The van der Waals surface area contributed by atoms with Gasteiger partial charge in [-0.25, -0.2) is 28.2 Å². The zero-order chi connectivity index (χ0) is 29.5. The highest BCUT2D eigenvalue weighted by molar-refractivity contribution is 7.92. The minimum absolute atomic E-state index is 0.0242. The molecule has 2 aromatic carbocycles. The maximum Gasteiger partial charge on any atom is 0.414 e. The van der Waals surface area contributed by atoms with Crippen LogP contribution in [0.4, 0.5) is 16.6 Å². The van der Waals surface area contributed by atoms with Crippen molar-refractivity contribution in [3.05, 3.63) is 66.2 Å². The molecule has 0 spiro atoms. The Bertz CT molecular complexity index is 1700. The third kappa shape index (κ3) is 6.79. The molecule has 1 aliphatic rings. The van der Waals surface area contributed by atoms with Gasteiger partial charge in [0.05, 0.1) is 17.0 Å². The minimum Gasteiger partial charge on any atom is -0.497 e. The van der Waals surface area contributed by atoms with Gasteiger partial charge in [0.25, 0.3) is 15.9 Å². The van der Waals surface area contributed by atoms with Crippen LogP contribution >= 0.6 is 11.6 Å². The van der Waals surface area contributed by atoms with Gasteiger partial charge in [-0.05, 0) is 30.3 Å². The number of sulfonamides is 1. The maximum absolute atomic E-state index is 13.3. The number of hydrogen-bond donors (Lipinski definition) is 2. The molecule has 0 saturated heterocycles. The average molecular weight is 617 g/mol. The molecule has 0 bridgehead atoms. The van der Waals surface area contributed by atoms with E-state index in [2.05, 4.69) is 30.0 Å². The summed E-state index contributed by atoms with van der Waals surface area (Å²) in [4.78, 5) is 27.7. The quantitative estimate of drug-likeness (QED) is 0.232. The molecular weight excluding hydrogens is 596 g/mol. The van der Waals surface area contributed by atoms with Gasteiger partial charge in [-0.3, -0.25) is 10.0 Å². The van der Waals surface area contributed by atoms with E-state index in [0.717, 1.165) is 6.33 Å². The monoisotopic (exact) mass is 616 g/mol. The van der Waals surface area contributed by atoms with Crippen LogP contribution in [0.5, 0.6) is 34.6 Å². The molecule has 1 aliphatic heterocycles. The highest BCUT2D eigenvalue weighted by Gasteiger charge is 2.25. The van der Waals surface area contributed by atoms with E-state index in [0.29, 0.717) is 11.5 Å². The molecule has 17 heteroatoms. The molecule has 0 fully saturated rings. The molecule has 3 heterocycles. The summed E-state index contributed by atoms with van der Waals surface area (Å²) >= 11 is 6.32. The Morgan fingerprint density at radius 1 is 1.02 bits per heavy atom. The fraction of sp³-hybridized carbons (Fsp3) is 0.160. The van der Waals surface area contributed by atoms with Crippen LogP contribution in [-0.2, 0) is 14.8 Å². The number of carbonyl (C=O) groups is 1. The molecule has 1 amide bonds. The molecule has 0 saturated carbocycles. The second-order valence-electron chi connectivity index (χ2n) is 8.06. The first-order valence-electron chi connectivity index (χ1n) is 11.9. The molecule has 5 rings (SSSR count). The maximum atomic E-state index is 13.3. The normalized spacial score (nSPS) is 11.9. The Hall–Kier alpha value is -5.09. The van der Waals surface area contributed by atoms with Crippen molar-refractivity contribution in [1.82, 2.24) is 19.9 Å². The summed E-state index contributed by atoms with van der Waals surface area (Å²) in [6.45, 7) is -0.444. The van der Waals surface area contributed by atoms with Gasteiger partial charge < -0.3 is 28.4 Å². The lowest BCUT2D eigenvalue weighted by Crippen LogP contribution is -2.19. The Labute approximate surface area is 243 Å². The van der Waals surface area contributed by atoms with Crippen LogP contribution in [0.1, 0.15) is 0 Å². The van der Waals surface area contributed by atoms with E-state index < -0.39 is 16.1 Å². The first kappa shape index (κ1) is 28.4. The van der Waals surface area contributed by atoms with E-state index in [9.17, 15) is 13.2 Å². The van der Waals surface area contributed by atoms with Crippen molar-refractivity contribution in [2.45, 2.75) is 4.90 Å². The average Bonchev–Trinajstić information content (AvgIpc) is 3.46. The van der Waals surface area contributed by atoms with E-state index in [1.807, 2.05) is 0 Å². The topological polar surface area (TPSA) is 182 Å². The van der Waals surface area contributed by atoms with Crippen LogP contribution in [-0.4, -0.2) is 61.6 Å². The second-order valence-corrected chi connectivity index (χ2v) is 10.1. The summed E-state index contributed by atoms with van der Waals surface area (Å²) in [6.07, 6.45) is 3.15. The van der Waals surface area contributed by atoms with Gasteiger partial charge in [-0.2, -0.15) is 4.98 Å². The number of hydrogen-bond acceptors (Lipinski definition) is 13. The molecule has 2 aromatic heterocycles. The molecule has 15 nitrogen and oxygen atoms in total. The van der Waals surface area contributed by atoms with Gasteiger partial charge >= 0.3 is 6.09 Å². The molecule has 0 atom stereocenters. The number of rotatable bonds is 11. The van der Waals surface area contributed by atoms with Gasteiger partial charge in [-0.1, -0.05) is 11.6 Å². The fourth-order valence-corrected chi connectivity index (χ4v) is 4.60. The number of nitrogens with one attached hydrogen (secondary N) is 2. The lowest BCUT2D eigenvalue weighted by molar-refractivity contribution is 0.135. The molecule has 0 aliphatic carbocycles. The van der Waals surface area contributed by atoms with Gasteiger partial charge in [0.1, 0.15) is 31.0 Å². The second kappa shape index (κ2) is 12.6. The Morgan fingerprint density at radius 2 is 1.83 bits per heavy atom. The molecule has 2 N–H and O–H groups in total. The number of benzene rings is 2. The van der Waals surface area contributed by atoms with Crippen molar-refractivity contribution in [1.29, 1.82) is 0 Å². The number of amides is 1. The van der Waals surface area contributed by atoms with Gasteiger partial charge in [-0.15, -0.1) is 0 Å². The number of anilines is 2. The van der Waals surface area contributed by atoms with E-state index in [1.54, 1.807) is 12.1 Å². The van der Waals surface area contributed by atoms with Crippen LogP contribution in [0, 0.1) is 0 Å². The predicted molar refractivity (Wildman–Crippen MR) is 146 cm³/mol. The summed E-state index contributed by atoms with van der Waals surface area (Å²) in [6, 6.07) is 10.3. The third-order valence-corrected chi connectivity index (χ3v) is 6.99. The summed E-state index contributed by atoms with van der Waals surface area (Å²) in [7, 11) is -2.76. The minimum atomic E-state index is -4.21. The number of carbonyl (C=O) groups excluding carboxylic acids is 1. The van der Waals surface area contributed by atoms with Crippen LogP contribution in [0.15, 0.2) is 66.1 Å². The van der Waals surface area contributed by atoms with Crippen molar-refractivity contribution in [2.24, 2.45) is 0 Å². The lowest BCUT2D eigenvalue weighted by atomic mass is 10.3. The summed E-state index contributed by atoms with van der Waals surface area (Å²) in [5.41, 5.74) is 0. The number of halogens is 1. The Morgan fingerprint density at radius 3 is 2.64 bits per heavy atom. The highest BCUT2D eigenvalue weighted by Crippen LogP contribution is 2.41. The molecular formula is C25H21ClN6O9S. The summed E-state index contributed by atoms with van der Waals surface area (Å²) in [5, 5.41) is 2.54. The van der Waals surface area contributed by atoms with Gasteiger partial charge in [0, 0.05) is 24.5 Å². The van der Waals surface area contributed by atoms with Crippen LogP contribution in [0.25, 0.3) is 0 Å². The zero-order valence-electron chi connectivity index (χ0n) is 21.6. The van der Waals surface area contributed by atoms with Crippen molar-refractivity contribution in [3.63, 3.8) is 0 Å². The summed E-state index contributed by atoms with van der Waals surface area (Å²) in [5.74, 6) is 0.584. The van der Waals surface area contributed by atoms with Crippen LogP contribution in [0.3, 0.4) is 0 Å². The predicted octanol–water partition coefficient (Wildman–Crippen LogP) is 3.88. The van der Waals surface area contributed by atoms with Crippen molar-refractivity contribution < 1.29 is 41.6 Å². The van der Waals surface area contributed by atoms with Crippen molar-refractivity contribution in [3.8, 4) is 34.6 Å². The number of nitrogens with zero attached hydrogens (tertiary/aromatic N) is 4. The van der Waals surface area contributed by atoms with E-state index >= 15 is 0 Å². The number of fused-ring (bicyclic) bond motifs is 1. The molecule has 0 unspecified atom stereocenters. The number of methoxy groups -OCH3 is 1. The van der Waals surface area contributed by atoms with E-state index in [-0.39, 0.29) is 64.8 Å². The zero-order valence-corrected chi connectivity index (χ0v) is 23.2. The van der Waals surface area contributed by atoms with Gasteiger partial charge in [0.2, 0.25) is 18.5 Å². The molecule has 4 aromatic rings. The lowest BCUT2D eigenvalue weighted by Gasteiger charge is -2.16. The Kier molecular flexibility index (Phi) is 8.54. The first-order valence-corrected chi connectivity index (χ1v) is 13.8. The third-order valence-electron chi connectivity index (χ3n) is 5.34. The van der Waals surface area contributed by atoms with Crippen LogP contribution in [0.2, 0.25) is 5.02 Å². The standard InChI is InChI=1S/C25H21ClN6O9S/c1-36-15-3-5-17(26)19(11-15)41-21-22(32-42(34,35)16-4-6-18-20(12-16)40-14-39-18)29-13-30-23(21)37-9-10-38-25(33)31-24-27-7-2-8-28-24/h2-8,11-13H,9-10,14H2,1H3,(H,29,30,32)(H,27,28,31,33). The molecule has 0 radical (unpaired) electrons. The molecule has 42 heavy (non-hydrogen) atoms. The van der Waals surface area contributed by atoms with Crippen molar-refractivity contribution in [2.75, 3.05) is 37.2 Å². The summed E-state index contributed by atoms with van der Waals surface area (Å²) < 4.78 is 61.4. The molecule has 218 valence electrons. The smallest absolute Gasteiger partial charge is 0.414 e. The highest BCUT2D eigenvalue weighted by atomic mass is 35.5. The van der Waals surface area contributed by atoms with Crippen molar-refractivity contribution >= 4 is 39.5 Å².